The standard InChI is InChI=1S/C52H64N10O7S/c1-33-46(70-32-56-33)37-15-13-36(14-16-37)26-55-49(67)41-23-38(63)27-62(41)50(68)47(51(2,3)4)57-45(66)18-21-61-30-52(31-61)28-60(29-52)20-17-44(65)54-25-35-11-9-34(10-12-35)19-22-69-43-24-40(58-59-48(43)53)39-7-5-6-8-42(39)64/h5-16,24,32,38,41,47,63-64H,17-23,25-31H2,1-4H3,(H2,53,59)(H,54,65)(H,55,67)(H,57,66)/t38-,41+,47-/m1/s1. The number of thiazole rings is 1. The Kier molecular flexibility index (Phi) is 15.5. The number of phenols is 1. The Morgan fingerprint density at radius 1 is 0.871 bits per heavy atom. The van der Waals surface area contributed by atoms with E-state index in [-0.39, 0.29) is 66.5 Å². The molecule has 18 heteroatoms. The number of aromatic hydroxyl groups is 1. The first-order valence-corrected chi connectivity index (χ1v) is 24.8. The molecule has 8 rings (SSSR count). The summed E-state index contributed by atoms with van der Waals surface area (Å²) in [5.74, 6) is -0.298. The van der Waals surface area contributed by atoms with E-state index >= 15 is 0 Å². The Bertz CT molecular complexity index is 2640. The minimum Gasteiger partial charge on any atom is -0.507 e. The van der Waals surface area contributed by atoms with Crippen LogP contribution in [0.2, 0.25) is 0 Å². The maximum absolute atomic E-state index is 14.1. The number of nitrogens with two attached hydrogens (primary N) is 1. The van der Waals surface area contributed by atoms with Gasteiger partial charge in [0.05, 0.1) is 28.8 Å². The highest BCUT2D eigenvalue weighted by Crippen LogP contribution is 2.39. The third-order valence-corrected chi connectivity index (χ3v) is 14.4. The first-order valence-electron chi connectivity index (χ1n) is 23.9. The van der Waals surface area contributed by atoms with E-state index in [2.05, 4.69) is 40.9 Å². The van der Waals surface area contributed by atoms with E-state index in [0.29, 0.717) is 56.1 Å². The fraction of sp³-hybridized carbons (Fsp3) is 0.442. The van der Waals surface area contributed by atoms with Crippen LogP contribution in [0.25, 0.3) is 21.7 Å². The van der Waals surface area contributed by atoms with Crippen molar-refractivity contribution in [2.75, 3.05) is 58.2 Å². The number of hydrogen-bond donors (Lipinski definition) is 6. The van der Waals surface area contributed by atoms with Crippen molar-refractivity contribution in [1.29, 1.82) is 0 Å². The van der Waals surface area contributed by atoms with Gasteiger partial charge in [0.2, 0.25) is 23.6 Å². The molecule has 3 saturated heterocycles. The molecule has 0 saturated carbocycles. The molecule has 5 aromatic rings. The topological polar surface area (TPSA) is 228 Å². The van der Waals surface area contributed by atoms with Crippen molar-refractivity contribution in [3.05, 3.63) is 107 Å². The molecule has 5 heterocycles. The summed E-state index contributed by atoms with van der Waals surface area (Å²) < 4.78 is 5.92. The van der Waals surface area contributed by atoms with Gasteiger partial charge in [0.1, 0.15) is 23.5 Å². The lowest BCUT2D eigenvalue weighted by atomic mass is 9.72. The normalized spacial score (nSPS) is 18.2. The second kappa shape index (κ2) is 21.7. The van der Waals surface area contributed by atoms with Gasteiger partial charge in [0.15, 0.2) is 11.6 Å². The Labute approximate surface area is 412 Å². The van der Waals surface area contributed by atoms with Crippen LogP contribution in [0.15, 0.2) is 84.4 Å². The number of phenolic OH excluding ortho intramolecular Hbond substituents is 1. The number of anilines is 1. The zero-order valence-electron chi connectivity index (χ0n) is 40.3. The Hall–Kier alpha value is -6.47. The van der Waals surface area contributed by atoms with Crippen molar-refractivity contribution in [3.63, 3.8) is 0 Å². The zero-order chi connectivity index (χ0) is 49.6. The van der Waals surface area contributed by atoms with E-state index in [1.165, 1.54) is 4.90 Å². The largest absolute Gasteiger partial charge is 0.507 e. The van der Waals surface area contributed by atoms with Gasteiger partial charge in [-0.3, -0.25) is 19.2 Å². The number of hydrogen-bond acceptors (Lipinski definition) is 14. The number of nitrogens with one attached hydrogen (secondary N) is 3. The summed E-state index contributed by atoms with van der Waals surface area (Å²) in [5, 5.41) is 37.8. The van der Waals surface area contributed by atoms with Gasteiger partial charge in [-0.05, 0) is 46.7 Å². The molecule has 3 aromatic carbocycles. The van der Waals surface area contributed by atoms with E-state index in [1.54, 1.807) is 41.7 Å². The van der Waals surface area contributed by atoms with Crippen LogP contribution in [0.4, 0.5) is 5.82 Å². The molecule has 3 aliphatic heterocycles. The number of rotatable bonds is 19. The van der Waals surface area contributed by atoms with E-state index in [1.807, 2.05) is 81.7 Å². The first kappa shape index (κ1) is 49.9. The summed E-state index contributed by atoms with van der Waals surface area (Å²) in [6.45, 7) is 13.5. The summed E-state index contributed by atoms with van der Waals surface area (Å²) >= 11 is 1.58. The van der Waals surface area contributed by atoms with E-state index < -0.39 is 23.6 Å². The third kappa shape index (κ3) is 12.3. The Morgan fingerprint density at radius 3 is 2.14 bits per heavy atom. The van der Waals surface area contributed by atoms with Crippen LogP contribution < -0.4 is 26.4 Å². The van der Waals surface area contributed by atoms with Crippen molar-refractivity contribution in [2.45, 2.75) is 84.7 Å². The summed E-state index contributed by atoms with van der Waals surface area (Å²) in [7, 11) is 0. The molecule has 3 atom stereocenters. The molecule has 1 spiro atoms. The lowest BCUT2D eigenvalue weighted by Crippen LogP contribution is -2.72. The minimum absolute atomic E-state index is 0.00147. The van der Waals surface area contributed by atoms with Gasteiger partial charge >= 0.3 is 0 Å². The predicted octanol–water partition coefficient (Wildman–Crippen LogP) is 4.31. The van der Waals surface area contributed by atoms with Crippen molar-refractivity contribution in [1.82, 2.24) is 45.8 Å². The molecular formula is C52H64N10O7S. The summed E-state index contributed by atoms with van der Waals surface area (Å²) in [6, 6.07) is 22.7. The minimum atomic E-state index is -0.882. The zero-order valence-corrected chi connectivity index (χ0v) is 41.1. The molecule has 3 fully saturated rings. The van der Waals surface area contributed by atoms with Crippen LogP contribution >= 0.6 is 11.3 Å². The van der Waals surface area contributed by atoms with Crippen LogP contribution in [-0.2, 0) is 38.7 Å². The number of aliphatic hydroxyl groups excluding tert-OH is 1. The maximum Gasteiger partial charge on any atom is 0.246 e. The molecule has 0 aliphatic carbocycles. The number of likely N-dealkylation sites (tertiary alicyclic amines) is 3. The molecule has 0 unspecified atom stereocenters. The number of carbonyl (C=O) groups is 4. The maximum atomic E-state index is 14.1. The van der Waals surface area contributed by atoms with Crippen LogP contribution in [0.1, 0.15) is 62.4 Å². The van der Waals surface area contributed by atoms with Gasteiger partial charge in [-0.25, -0.2) is 4.98 Å². The number of nitrogen functional groups attached to an aromatic ring is 1. The number of carbonyl (C=O) groups excluding carboxylic acids is 4. The number of β-amino-alcohol motifs (C(OH)–C–C–N with tert-alkyl or cyclic N) is 1. The molecule has 370 valence electrons. The highest BCUT2D eigenvalue weighted by molar-refractivity contribution is 7.13. The molecule has 2 aromatic heterocycles. The lowest BCUT2D eigenvalue weighted by molar-refractivity contribution is -0.144. The second-order valence-corrected chi connectivity index (χ2v) is 20.9. The first-order chi connectivity index (χ1) is 33.5. The molecular weight excluding hydrogens is 909 g/mol. The number of aryl methyl sites for hydroxylation is 1. The van der Waals surface area contributed by atoms with Crippen LogP contribution in [0, 0.1) is 17.8 Å². The molecule has 0 bridgehead atoms. The predicted molar refractivity (Wildman–Crippen MR) is 267 cm³/mol. The van der Waals surface area contributed by atoms with Crippen LogP contribution in [-0.4, -0.2) is 134 Å². The smallest absolute Gasteiger partial charge is 0.246 e. The van der Waals surface area contributed by atoms with Gasteiger partial charge in [-0.15, -0.1) is 21.5 Å². The number of benzene rings is 3. The van der Waals surface area contributed by atoms with Crippen molar-refractivity contribution < 1.29 is 34.1 Å². The van der Waals surface area contributed by atoms with Gasteiger partial charge in [0, 0.05) is 102 Å². The highest BCUT2D eigenvalue weighted by Gasteiger charge is 2.51. The van der Waals surface area contributed by atoms with Gasteiger partial charge in [0.25, 0.3) is 0 Å². The molecule has 70 heavy (non-hydrogen) atoms. The quantitative estimate of drug-likeness (QED) is 0.0679. The number of ether oxygens (including phenoxy) is 1. The lowest BCUT2D eigenvalue weighted by Gasteiger charge is -2.60. The Morgan fingerprint density at radius 2 is 1.50 bits per heavy atom. The van der Waals surface area contributed by atoms with E-state index in [0.717, 1.165) is 59.0 Å². The highest BCUT2D eigenvalue weighted by atomic mass is 32.1. The SMILES string of the molecule is Cc1ncsc1-c1ccc(CNC(=O)[C@@H]2C[C@@H](O)CN2C(=O)[C@@H](NC(=O)CCN2CC3(CN(CCC(=O)NCc4ccc(CCOc5cc(-c6ccccc6O)nnc5N)cc4)C3)C2)C(C)(C)C)cc1. The number of aliphatic hydroxyl groups is 1. The number of aromatic nitrogens is 3. The van der Waals surface area contributed by atoms with Gasteiger partial charge in [-0.1, -0.05) is 81.4 Å². The fourth-order valence-corrected chi connectivity index (χ4v) is 10.4. The second-order valence-electron chi connectivity index (χ2n) is 20.1. The monoisotopic (exact) mass is 972 g/mol. The van der Waals surface area contributed by atoms with E-state index in [4.69, 9.17) is 10.5 Å². The average molecular weight is 973 g/mol. The molecule has 17 nitrogen and oxygen atoms in total. The van der Waals surface area contributed by atoms with Crippen LogP contribution in [0.5, 0.6) is 11.5 Å². The van der Waals surface area contributed by atoms with E-state index in [9.17, 15) is 29.4 Å². The van der Waals surface area contributed by atoms with Gasteiger partial charge in [-0.2, -0.15) is 0 Å². The van der Waals surface area contributed by atoms with Gasteiger partial charge < -0.3 is 51.3 Å². The van der Waals surface area contributed by atoms with Crippen molar-refractivity contribution in [2.24, 2.45) is 10.8 Å². The fourth-order valence-electron chi connectivity index (χ4n) is 9.57. The summed E-state index contributed by atoms with van der Waals surface area (Å²) in [5.41, 5.74) is 13.4. The molecule has 7 N–H and O–H groups in total. The average Bonchev–Trinajstić information content (AvgIpc) is 3.93. The number of amides is 4. The summed E-state index contributed by atoms with van der Waals surface area (Å²) in [6.07, 6.45) is 0.549. The molecule has 3 aliphatic rings. The number of para-hydroxylation sites is 1. The molecule has 0 radical (unpaired) electrons. The van der Waals surface area contributed by atoms with Crippen LogP contribution in [0.3, 0.4) is 0 Å². The Balaban J connectivity index is 0.703. The third-order valence-electron chi connectivity index (χ3n) is 13.4. The molecule has 4 amide bonds. The van der Waals surface area contributed by atoms with Crippen molar-refractivity contribution >= 4 is 40.8 Å². The number of nitrogens with zero attached hydrogens (tertiary/aromatic N) is 6. The van der Waals surface area contributed by atoms with Crippen molar-refractivity contribution in [3.8, 4) is 33.2 Å². The summed E-state index contributed by atoms with van der Waals surface area (Å²) in [4.78, 5) is 65.1.